The van der Waals surface area contributed by atoms with Crippen LogP contribution in [0.25, 0.3) is 62.6 Å². The van der Waals surface area contributed by atoms with Crippen LogP contribution < -0.4 is 20.3 Å². The molecule has 0 radical (unpaired) electrons. The maximum atomic E-state index is 12.6. The van der Waals surface area contributed by atoms with Crippen LogP contribution in [0, 0.1) is 0 Å². The Labute approximate surface area is 558 Å². The molecule has 5 unspecified atom stereocenters. The van der Waals surface area contributed by atoms with Gasteiger partial charge in [-0.3, -0.25) is 9.59 Å². The number of fused-ring (bicyclic) bond motifs is 4. The Morgan fingerprint density at radius 1 is 0.381 bits per heavy atom. The SMILES string of the molecule is CC(C)c1ccc2c(c1)c(=O)c1ccccc1[s+]2C.CC(C)c1ccc2c(c1)c(=O)c1ccccc1[s+]2C.CC(COC(=O)COc1ccccc1-c1ccccc1)OCC(C)OCC(C)OC(=O)COc1ccccc1-c1ccccc1.F[P-](F)(F)(F)(F)F.F[P-](F)(F)(F)(F)F. The molecule has 10 aromatic rings. The van der Waals surface area contributed by atoms with Crippen molar-refractivity contribution in [2.75, 3.05) is 33.0 Å². The molecule has 0 saturated carbocycles. The molecule has 2 heterocycles. The van der Waals surface area contributed by atoms with Gasteiger partial charge in [-0.1, -0.05) is 161 Å². The van der Waals surface area contributed by atoms with E-state index in [1.54, 1.807) is 6.92 Å². The van der Waals surface area contributed by atoms with Gasteiger partial charge in [0.1, 0.15) is 36.7 Å². The van der Waals surface area contributed by atoms with E-state index in [1.807, 2.05) is 159 Å². The summed E-state index contributed by atoms with van der Waals surface area (Å²) in [7, 11) is -21.3. The first-order valence-electron chi connectivity index (χ1n) is 30.1. The van der Waals surface area contributed by atoms with Gasteiger partial charge in [-0.15, -0.1) is 0 Å². The Kier molecular flexibility index (Phi) is 25.1. The van der Waals surface area contributed by atoms with E-state index in [0.29, 0.717) is 23.3 Å². The molecule has 26 heteroatoms. The van der Waals surface area contributed by atoms with Crippen molar-refractivity contribution < 1.29 is 88.4 Å². The molecule has 0 N–H and O–H groups in total. The molecule has 524 valence electrons. The molecule has 0 aliphatic carbocycles. The summed E-state index contributed by atoms with van der Waals surface area (Å²) in [6.45, 7) is 14.2. The summed E-state index contributed by atoms with van der Waals surface area (Å²) >= 11 is 0. The van der Waals surface area contributed by atoms with E-state index < -0.39 is 33.7 Å². The van der Waals surface area contributed by atoms with Crippen molar-refractivity contribution in [1.29, 1.82) is 0 Å². The number of hydrogen-bond acceptors (Lipinski definition) is 10. The van der Waals surface area contributed by atoms with Gasteiger partial charge in [0, 0.05) is 11.1 Å². The molecular weight excluding hydrogens is 1370 g/mol. The topological polar surface area (TPSA) is 124 Å². The van der Waals surface area contributed by atoms with Gasteiger partial charge in [-0.05, 0) is 136 Å². The normalized spacial score (nSPS) is 14.2. The Morgan fingerprint density at radius 3 is 1.09 bits per heavy atom. The molecule has 5 atom stereocenters. The number of esters is 2. The molecule has 0 fully saturated rings. The van der Waals surface area contributed by atoms with Gasteiger partial charge in [0.05, 0.1) is 47.0 Å². The van der Waals surface area contributed by atoms with E-state index in [0.717, 1.165) is 43.8 Å². The van der Waals surface area contributed by atoms with Crippen molar-refractivity contribution in [1.82, 2.24) is 0 Å². The molecule has 0 aliphatic rings. The summed E-state index contributed by atoms with van der Waals surface area (Å²) in [6, 6.07) is 63.5. The number of halogens is 12. The van der Waals surface area contributed by atoms with Crippen molar-refractivity contribution >= 4 is 88.8 Å². The van der Waals surface area contributed by atoms with Crippen LogP contribution in [0.1, 0.15) is 71.4 Å². The fraction of sp³-hybridized carbons (Fsp3) is 0.268. The first kappa shape index (κ1) is 78.0. The zero-order valence-corrected chi connectivity index (χ0v) is 57.6. The summed E-state index contributed by atoms with van der Waals surface area (Å²) in [6.07, 6.45) is 3.33. The van der Waals surface area contributed by atoms with Crippen molar-refractivity contribution in [3.63, 3.8) is 0 Å². The average Bonchev–Trinajstić information content (AvgIpc) is 0.772. The van der Waals surface area contributed by atoms with Gasteiger partial charge in [-0.2, -0.15) is 0 Å². The third-order valence-electron chi connectivity index (χ3n) is 14.1. The van der Waals surface area contributed by atoms with Gasteiger partial charge < -0.3 is 28.4 Å². The number of para-hydroxylation sites is 2. The zero-order chi connectivity index (χ0) is 71.8. The van der Waals surface area contributed by atoms with E-state index in [2.05, 4.69) is 88.7 Å². The minimum atomic E-state index is -10.7. The molecule has 0 saturated heterocycles. The summed E-state index contributed by atoms with van der Waals surface area (Å²) < 4.78 is 157. The Morgan fingerprint density at radius 2 is 0.701 bits per heavy atom. The Hall–Kier alpha value is -7.98. The number of aryl methyl sites for hydroxylation is 2. The third kappa shape index (κ3) is 27.1. The second-order valence-corrected chi connectivity index (χ2v) is 30.6. The van der Waals surface area contributed by atoms with E-state index in [4.69, 9.17) is 28.4 Å². The van der Waals surface area contributed by atoms with Crippen molar-refractivity contribution in [3.8, 4) is 33.8 Å². The molecule has 10 rings (SSSR count). The van der Waals surface area contributed by atoms with Crippen molar-refractivity contribution in [2.45, 2.75) is 78.6 Å². The predicted molar refractivity (Wildman–Crippen MR) is 370 cm³/mol. The molecular formula is C71H74F12O10P2S2. The zero-order valence-electron chi connectivity index (χ0n) is 54.2. The second kappa shape index (κ2) is 31.3. The summed E-state index contributed by atoms with van der Waals surface area (Å²) in [4.78, 5) is 50.0. The summed E-state index contributed by atoms with van der Waals surface area (Å²) in [5.41, 5.74) is 6.64. The van der Waals surface area contributed by atoms with Crippen LogP contribution in [0.4, 0.5) is 50.4 Å². The molecule has 0 amide bonds. The van der Waals surface area contributed by atoms with Crippen LogP contribution in [-0.2, 0) is 41.0 Å². The van der Waals surface area contributed by atoms with E-state index in [-0.39, 0.29) is 77.0 Å². The quantitative estimate of drug-likeness (QED) is 0.0254. The van der Waals surface area contributed by atoms with Crippen LogP contribution >= 0.6 is 36.6 Å². The monoisotopic (exact) mass is 1440 g/mol. The number of hydrogen-bond donors (Lipinski definition) is 0. The summed E-state index contributed by atoms with van der Waals surface area (Å²) in [5, 5.41) is 3.55. The van der Waals surface area contributed by atoms with Crippen LogP contribution in [0.15, 0.2) is 204 Å². The van der Waals surface area contributed by atoms with Crippen LogP contribution in [0.3, 0.4) is 0 Å². The van der Waals surface area contributed by atoms with Gasteiger partial charge >= 0.3 is 77.9 Å². The van der Waals surface area contributed by atoms with Crippen LogP contribution in [0.5, 0.6) is 11.5 Å². The summed E-state index contributed by atoms with van der Waals surface area (Å²) in [5.74, 6) is 1.15. The van der Waals surface area contributed by atoms with Gasteiger partial charge in [0.2, 0.25) is 10.9 Å². The minimum absolute atomic E-state index is 0.00310. The third-order valence-corrected chi connectivity index (χ3v) is 18.2. The first-order valence-corrected chi connectivity index (χ1v) is 37.4. The first-order chi connectivity index (χ1) is 45.0. The Balaban J connectivity index is 0.000000232. The van der Waals surface area contributed by atoms with Crippen molar-refractivity contribution in [3.05, 3.63) is 226 Å². The number of ether oxygens (including phenoxy) is 6. The van der Waals surface area contributed by atoms with Gasteiger partial charge in [-0.25, -0.2) is 9.59 Å². The fourth-order valence-corrected chi connectivity index (χ4v) is 13.0. The molecule has 2 aromatic heterocycles. The molecule has 10 nitrogen and oxygen atoms in total. The van der Waals surface area contributed by atoms with Crippen molar-refractivity contribution in [2.24, 2.45) is 12.5 Å². The maximum absolute atomic E-state index is 12.6. The molecule has 0 spiro atoms. The van der Waals surface area contributed by atoms with Crippen LogP contribution in [0.2, 0.25) is 0 Å². The molecule has 0 aliphatic heterocycles. The molecule has 97 heavy (non-hydrogen) atoms. The molecule has 0 bridgehead atoms. The number of rotatable bonds is 19. The average molecular weight is 1440 g/mol. The number of carbonyl (C=O) groups is 2. The van der Waals surface area contributed by atoms with Gasteiger partial charge in [0.25, 0.3) is 0 Å². The predicted octanol–water partition coefficient (Wildman–Crippen LogP) is 23.1. The van der Waals surface area contributed by atoms with Crippen LogP contribution in [-0.4, -0.2) is 63.3 Å². The number of carbonyl (C=O) groups excluding carboxylic acids is 2. The van der Waals surface area contributed by atoms with E-state index in [9.17, 15) is 69.5 Å². The second-order valence-electron chi connectivity index (χ2n) is 23.0. The standard InChI is InChI=1S/C37H40O8.2C17H17OS.2F6P/c1-27(41-24-29(3)45-37(39)26-43-35-21-13-11-19-33(35)31-16-8-5-9-17-31)22-40-28(2)23-44-36(38)25-42-34-20-12-10-18-32(34)30-14-6-4-7-15-30;2*1-11(2)12-8-9-16-14(10-12)17(18)13-6-4-5-7-15(13)19(16)3;2*1-7(2,3,4,5)6/h4-21,27-29H,22-26H2,1-3H3;2*4-11H,1-3H3;;/q;2*+1;2*-1. The fourth-order valence-electron chi connectivity index (χ4n) is 9.48. The molecule has 8 aromatic carbocycles. The van der Waals surface area contributed by atoms with E-state index >= 15 is 0 Å². The van der Waals surface area contributed by atoms with Gasteiger partial charge in [0.15, 0.2) is 32.0 Å². The number of benzene rings is 8. The van der Waals surface area contributed by atoms with E-state index in [1.165, 1.54) is 29.9 Å². The Bertz CT molecular complexity index is 4270.